The molecule has 2 aromatic carbocycles. The number of hydrogen-bond donors (Lipinski definition) is 1. The van der Waals surface area contributed by atoms with Crippen LogP contribution in [-0.4, -0.2) is 54.3 Å². The van der Waals surface area contributed by atoms with Gasteiger partial charge in [-0.25, -0.2) is 4.79 Å². The fourth-order valence-electron chi connectivity index (χ4n) is 3.88. The van der Waals surface area contributed by atoms with Crippen LogP contribution in [0.25, 0.3) is 11.1 Å². The van der Waals surface area contributed by atoms with E-state index < -0.39 is 18.6 Å². The molecular formula is C25H27NO6. The van der Waals surface area contributed by atoms with Crippen LogP contribution in [0.15, 0.2) is 61.2 Å². The Balaban J connectivity index is 1.58. The van der Waals surface area contributed by atoms with E-state index in [-0.39, 0.29) is 38.1 Å². The van der Waals surface area contributed by atoms with Crippen molar-refractivity contribution in [3.8, 4) is 11.1 Å². The first kappa shape index (κ1) is 23.1. The summed E-state index contributed by atoms with van der Waals surface area (Å²) in [6, 6.07) is 16.0. The summed E-state index contributed by atoms with van der Waals surface area (Å²) in [5.41, 5.74) is 4.42. The maximum absolute atomic E-state index is 12.7. The highest BCUT2D eigenvalue weighted by Crippen LogP contribution is 2.44. The molecule has 1 aliphatic carbocycles. The second-order valence-corrected chi connectivity index (χ2v) is 7.55. The Bertz CT molecular complexity index is 940. The third-order valence-corrected chi connectivity index (χ3v) is 5.34. The topological polar surface area (TPSA) is 93.1 Å². The number of unbranched alkanes of at least 4 members (excludes halogenated alkanes) is 1. The van der Waals surface area contributed by atoms with E-state index in [9.17, 15) is 19.5 Å². The van der Waals surface area contributed by atoms with Crippen molar-refractivity contribution in [2.24, 2.45) is 0 Å². The van der Waals surface area contributed by atoms with Gasteiger partial charge < -0.3 is 14.6 Å². The first-order chi connectivity index (χ1) is 15.5. The number of carbonyl (C=O) groups excluding carboxylic acids is 2. The molecular weight excluding hydrogens is 410 g/mol. The number of carboxylic acids is 1. The van der Waals surface area contributed by atoms with Gasteiger partial charge in [0.15, 0.2) is 0 Å². The van der Waals surface area contributed by atoms with E-state index in [2.05, 4.69) is 6.58 Å². The SMILES string of the molecule is C=CCOC(=O)CCCCN(CC(=O)O)C(=O)OCC1c2ccccc2-c2ccccc21. The average molecular weight is 437 g/mol. The average Bonchev–Trinajstić information content (AvgIpc) is 3.11. The van der Waals surface area contributed by atoms with Crippen molar-refractivity contribution >= 4 is 18.0 Å². The van der Waals surface area contributed by atoms with Crippen LogP contribution in [0.4, 0.5) is 4.79 Å². The van der Waals surface area contributed by atoms with Crippen molar-refractivity contribution in [2.75, 3.05) is 26.3 Å². The van der Waals surface area contributed by atoms with Crippen LogP contribution in [0.1, 0.15) is 36.3 Å². The molecule has 0 heterocycles. The molecule has 7 heteroatoms. The quantitative estimate of drug-likeness (QED) is 0.321. The minimum atomic E-state index is -1.12. The fraction of sp³-hybridized carbons (Fsp3) is 0.320. The highest BCUT2D eigenvalue weighted by atomic mass is 16.6. The van der Waals surface area contributed by atoms with Crippen molar-refractivity contribution in [3.05, 3.63) is 72.3 Å². The molecule has 2 aromatic rings. The molecule has 0 spiro atoms. The minimum Gasteiger partial charge on any atom is -0.480 e. The number of amides is 1. The van der Waals surface area contributed by atoms with Gasteiger partial charge in [0.25, 0.3) is 0 Å². The molecule has 1 N–H and O–H groups in total. The van der Waals surface area contributed by atoms with Crippen LogP contribution in [0, 0.1) is 0 Å². The lowest BCUT2D eigenvalue weighted by Gasteiger charge is -2.22. The first-order valence-electron chi connectivity index (χ1n) is 10.6. The van der Waals surface area contributed by atoms with Gasteiger partial charge in [-0.2, -0.15) is 0 Å². The Morgan fingerprint density at radius 1 is 0.969 bits per heavy atom. The van der Waals surface area contributed by atoms with E-state index in [1.165, 1.54) is 6.08 Å². The summed E-state index contributed by atoms with van der Waals surface area (Å²) in [6.07, 6.45) is 1.94. The Hall–Kier alpha value is -3.61. The maximum atomic E-state index is 12.7. The van der Waals surface area contributed by atoms with Crippen molar-refractivity contribution in [2.45, 2.75) is 25.2 Å². The van der Waals surface area contributed by atoms with Crippen molar-refractivity contribution in [3.63, 3.8) is 0 Å². The summed E-state index contributed by atoms with van der Waals surface area (Å²) in [5, 5.41) is 9.18. The van der Waals surface area contributed by atoms with Gasteiger partial charge in [-0.05, 0) is 35.1 Å². The number of nitrogens with zero attached hydrogens (tertiary/aromatic N) is 1. The van der Waals surface area contributed by atoms with E-state index in [0.717, 1.165) is 27.2 Å². The maximum Gasteiger partial charge on any atom is 0.410 e. The minimum absolute atomic E-state index is 0.0994. The monoisotopic (exact) mass is 437 g/mol. The van der Waals surface area contributed by atoms with Gasteiger partial charge in [-0.3, -0.25) is 14.5 Å². The summed E-state index contributed by atoms with van der Waals surface area (Å²) in [4.78, 5) is 36.6. The van der Waals surface area contributed by atoms with Gasteiger partial charge in [-0.1, -0.05) is 61.2 Å². The van der Waals surface area contributed by atoms with Gasteiger partial charge in [0.05, 0.1) is 0 Å². The van der Waals surface area contributed by atoms with Crippen LogP contribution in [0.2, 0.25) is 0 Å². The largest absolute Gasteiger partial charge is 0.480 e. The van der Waals surface area contributed by atoms with Crippen LogP contribution < -0.4 is 0 Å². The summed E-state index contributed by atoms with van der Waals surface area (Å²) in [5.74, 6) is -1.57. The van der Waals surface area contributed by atoms with E-state index in [0.29, 0.717) is 12.8 Å². The number of carboxylic acid groups (broad SMARTS) is 1. The summed E-state index contributed by atoms with van der Waals surface area (Å²) in [6.45, 7) is 3.48. The molecule has 3 rings (SSSR count). The first-order valence-corrected chi connectivity index (χ1v) is 10.6. The number of ether oxygens (including phenoxy) is 2. The standard InChI is InChI=1S/C25H27NO6/c1-2-15-31-24(29)13-7-8-14-26(16-23(27)28)25(30)32-17-22-20-11-5-3-9-18(20)19-10-4-6-12-21(19)22/h2-6,9-12,22H,1,7-8,13-17H2,(H,27,28). The molecule has 0 saturated heterocycles. The molecule has 0 saturated carbocycles. The van der Waals surface area contributed by atoms with Crippen LogP contribution in [-0.2, 0) is 19.1 Å². The molecule has 1 amide bonds. The molecule has 7 nitrogen and oxygen atoms in total. The number of rotatable bonds is 11. The number of esters is 1. The van der Waals surface area contributed by atoms with Crippen molar-refractivity contribution in [1.82, 2.24) is 4.90 Å². The van der Waals surface area contributed by atoms with E-state index >= 15 is 0 Å². The lowest BCUT2D eigenvalue weighted by atomic mass is 9.98. The molecule has 1 aliphatic rings. The Morgan fingerprint density at radius 3 is 2.19 bits per heavy atom. The van der Waals surface area contributed by atoms with Gasteiger partial charge in [0, 0.05) is 18.9 Å². The molecule has 0 bridgehead atoms. The molecule has 32 heavy (non-hydrogen) atoms. The van der Waals surface area contributed by atoms with E-state index in [1.54, 1.807) is 0 Å². The zero-order valence-electron chi connectivity index (χ0n) is 17.9. The van der Waals surface area contributed by atoms with Crippen LogP contribution >= 0.6 is 0 Å². The second-order valence-electron chi connectivity index (χ2n) is 7.55. The highest BCUT2D eigenvalue weighted by Gasteiger charge is 2.30. The molecule has 168 valence electrons. The molecule has 0 aliphatic heterocycles. The smallest absolute Gasteiger partial charge is 0.410 e. The Morgan fingerprint density at radius 2 is 1.59 bits per heavy atom. The predicted molar refractivity (Wildman–Crippen MR) is 119 cm³/mol. The Labute approximate surface area is 187 Å². The van der Waals surface area contributed by atoms with Crippen LogP contribution in [0.3, 0.4) is 0 Å². The lowest BCUT2D eigenvalue weighted by Crippen LogP contribution is -2.37. The van der Waals surface area contributed by atoms with E-state index in [4.69, 9.17) is 9.47 Å². The van der Waals surface area contributed by atoms with Crippen molar-refractivity contribution < 1.29 is 29.0 Å². The van der Waals surface area contributed by atoms with Crippen LogP contribution in [0.5, 0.6) is 0 Å². The fourth-order valence-corrected chi connectivity index (χ4v) is 3.88. The molecule has 0 aromatic heterocycles. The molecule has 0 fully saturated rings. The summed E-state index contributed by atoms with van der Waals surface area (Å²) >= 11 is 0. The predicted octanol–water partition coefficient (Wildman–Crippen LogP) is 4.22. The number of fused-ring (bicyclic) bond motifs is 3. The number of hydrogen-bond acceptors (Lipinski definition) is 5. The lowest BCUT2D eigenvalue weighted by molar-refractivity contribution is -0.142. The second kappa shape index (κ2) is 11.1. The molecule has 0 unspecified atom stereocenters. The molecule has 0 atom stereocenters. The number of carbonyl (C=O) groups is 3. The van der Waals surface area contributed by atoms with Crippen molar-refractivity contribution in [1.29, 1.82) is 0 Å². The zero-order chi connectivity index (χ0) is 22.9. The molecule has 0 radical (unpaired) electrons. The van der Waals surface area contributed by atoms with Gasteiger partial charge in [0.2, 0.25) is 0 Å². The zero-order valence-corrected chi connectivity index (χ0v) is 17.9. The third-order valence-electron chi connectivity index (χ3n) is 5.34. The van der Waals surface area contributed by atoms with Gasteiger partial charge in [-0.15, -0.1) is 0 Å². The van der Waals surface area contributed by atoms with Gasteiger partial charge in [0.1, 0.15) is 19.8 Å². The van der Waals surface area contributed by atoms with Gasteiger partial charge >= 0.3 is 18.0 Å². The summed E-state index contributed by atoms with van der Waals surface area (Å²) < 4.78 is 10.5. The third kappa shape index (κ3) is 5.75. The Kier molecular flexibility index (Phi) is 8.02. The van der Waals surface area contributed by atoms with E-state index in [1.807, 2.05) is 48.5 Å². The number of aliphatic carboxylic acids is 1. The summed E-state index contributed by atoms with van der Waals surface area (Å²) in [7, 11) is 0. The normalized spacial score (nSPS) is 11.9. The number of benzene rings is 2. The highest BCUT2D eigenvalue weighted by molar-refractivity contribution is 5.79.